The smallest absolute Gasteiger partial charge is 0.419 e. The van der Waals surface area contributed by atoms with Crippen molar-refractivity contribution in [3.05, 3.63) is 29.3 Å². The molecule has 1 saturated carbocycles. The lowest BCUT2D eigenvalue weighted by Gasteiger charge is -2.32. The van der Waals surface area contributed by atoms with Crippen molar-refractivity contribution in [1.82, 2.24) is 0 Å². The van der Waals surface area contributed by atoms with E-state index in [9.17, 15) is 13.2 Å². The third kappa shape index (κ3) is 4.06. The van der Waals surface area contributed by atoms with Crippen LogP contribution in [0.1, 0.15) is 50.2 Å². The van der Waals surface area contributed by atoms with Crippen LogP contribution in [0.3, 0.4) is 0 Å². The van der Waals surface area contributed by atoms with E-state index in [-0.39, 0.29) is 17.7 Å². The number of hydrogen-bond donors (Lipinski definition) is 0. The van der Waals surface area contributed by atoms with E-state index in [2.05, 4.69) is 6.92 Å². The standard InChI is InChI=1S/C16H20ClF3O/c1-2-12-5-3-4-6-14(12)21-15-8-7-11(10-17)9-13(15)16(18,19)20/h7-9,12,14H,2-6,10H2,1H3. The molecular formula is C16H20ClF3O. The summed E-state index contributed by atoms with van der Waals surface area (Å²) in [7, 11) is 0. The minimum Gasteiger partial charge on any atom is -0.490 e. The van der Waals surface area contributed by atoms with Gasteiger partial charge in [0.2, 0.25) is 0 Å². The zero-order valence-corrected chi connectivity index (χ0v) is 12.8. The summed E-state index contributed by atoms with van der Waals surface area (Å²) in [4.78, 5) is 0. The van der Waals surface area contributed by atoms with Crippen LogP contribution in [0, 0.1) is 5.92 Å². The fourth-order valence-corrected chi connectivity index (χ4v) is 3.11. The molecule has 1 nitrogen and oxygen atoms in total. The van der Waals surface area contributed by atoms with Crippen molar-refractivity contribution in [3.63, 3.8) is 0 Å². The van der Waals surface area contributed by atoms with Crippen LogP contribution in [0.25, 0.3) is 0 Å². The van der Waals surface area contributed by atoms with Crippen LogP contribution in [0.15, 0.2) is 18.2 Å². The Morgan fingerprint density at radius 1 is 1.24 bits per heavy atom. The van der Waals surface area contributed by atoms with Gasteiger partial charge in [-0.25, -0.2) is 0 Å². The van der Waals surface area contributed by atoms with E-state index in [4.69, 9.17) is 16.3 Å². The van der Waals surface area contributed by atoms with Crippen LogP contribution in [0.2, 0.25) is 0 Å². The predicted octanol–water partition coefficient (Wildman–Crippen LogP) is 5.79. The van der Waals surface area contributed by atoms with Crippen molar-refractivity contribution in [1.29, 1.82) is 0 Å². The first kappa shape index (κ1) is 16.5. The van der Waals surface area contributed by atoms with Gasteiger partial charge in [-0.05, 0) is 49.3 Å². The van der Waals surface area contributed by atoms with Crippen LogP contribution in [-0.4, -0.2) is 6.10 Å². The van der Waals surface area contributed by atoms with E-state index in [0.29, 0.717) is 11.5 Å². The molecule has 0 aromatic heterocycles. The topological polar surface area (TPSA) is 9.23 Å². The van der Waals surface area contributed by atoms with Gasteiger partial charge in [0.05, 0.1) is 5.56 Å². The lowest BCUT2D eigenvalue weighted by atomic mass is 9.84. The lowest BCUT2D eigenvalue weighted by molar-refractivity contribution is -0.139. The molecule has 0 spiro atoms. The number of alkyl halides is 4. The summed E-state index contributed by atoms with van der Waals surface area (Å²) in [5, 5.41) is 0. The lowest BCUT2D eigenvalue weighted by Crippen LogP contribution is -2.30. The van der Waals surface area contributed by atoms with Gasteiger partial charge in [-0.3, -0.25) is 0 Å². The maximum Gasteiger partial charge on any atom is 0.419 e. The van der Waals surface area contributed by atoms with Crippen LogP contribution in [0.5, 0.6) is 5.75 Å². The third-order valence-electron chi connectivity index (χ3n) is 4.15. The Labute approximate surface area is 128 Å². The van der Waals surface area contributed by atoms with E-state index in [0.717, 1.165) is 38.2 Å². The molecule has 0 bridgehead atoms. The SMILES string of the molecule is CCC1CCCCC1Oc1ccc(CCl)cc1C(F)(F)F. The number of halogens is 4. The largest absolute Gasteiger partial charge is 0.490 e. The van der Waals surface area contributed by atoms with Gasteiger partial charge in [0.25, 0.3) is 0 Å². The Balaban J connectivity index is 2.26. The molecular weight excluding hydrogens is 301 g/mol. The number of rotatable bonds is 4. The average Bonchev–Trinajstić information content (AvgIpc) is 2.47. The minimum atomic E-state index is -4.42. The van der Waals surface area contributed by atoms with Gasteiger partial charge in [-0.1, -0.05) is 19.4 Å². The first-order valence-corrected chi connectivity index (χ1v) is 7.92. The van der Waals surface area contributed by atoms with E-state index >= 15 is 0 Å². The molecule has 21 heavy (non-hydrogen) atoms. The Kier molecular flexibility index (Phi) is 5.42. The Morgan fingerprint density at radius 3 is 2.57 bits per heavy atom. The van der Waals surface area contributed by atoms with Crippen molar-refractivity contribution in [3.8, 4) is 5.75 Å². The molecule has 5 heteroatoms. The van der Waals surface area contributed by atoms with Crippen LogP contribution in [0.4, 0.5) is 13.2 Å². The summed E-state index contributed by atoms with van der Waals surface area (Å²) in [5.74, 6) is 0.332. The van der Waals surface area contributed by atoms with E-state index in [1.807, 2.05) is 0 Å². The molecule has 0 saturated heterocycles. The van der Waals surface area contributed by atoms with Gasteiger partial charge in [0, 0.05) is 5.88 Å². The first-order chi connectivity index (χ1) is 9.95. The molecule has 0 radical (unpaired) electrons. The molecule has 0 amide bonds. The summed E-state index contributed by atoms with van der Waals surface area (Å²) in [6.07, 6.45) is 0.402. The average molecular weight is 321 g/mol. The highest BCUT2D eigenvalue weighted by Crippen LogP contribution is 2.39. The van der Waals surface area contributed by atoms with Crippen molar-refractivity contribution >= 4 is 11.6 Å². The van der Waals surface area contributed by atoms with Crippen LogP contribution in [-0.2, 0) is 12.1 Å². The molecule has 1 aliphatic rings. The maximum atomic E-state index is 13.2. The molecule has 118 valence electrons. The Morgan fingerprint density at radius 2 is 1.95 bits per heavy atom. The van der Waals surface area contributed by atoms with E-state index in [1.54, 1.807) is 6.07 Å². The van der Waals surface area contributed by atoms with E-state index in [1.165, 1.54) is 6.07 Å². The maximum absolute atomic E-state index is 13.2. The quantitative estimate of drug-likeness (QED) is 0.638. The molecule has 2 unspecified atom stereocenters. The second-order valence-corrected chi connectivity index (χ2v) is 5.84. The van der Waals surface area contributed by atoms with Crippen molar-refractivity contribution in [2.24, 2.45) is 5.92 Å². The fourth-order valence-electron chi connectivity index (χ4n) is 2.94. The molecule has 2 atom stereocenters. The molecule has 1 aliphatic carbocycles. The zero-order chi connectivity index (χ0) is 15.5. The number of benzene rings is 1. The normalized spacial score (nSPS) is 23.1. The Hall–Kier alpha value is -0.900. The first-order valence-electron chi connectivity index (χ1n) is 7.38. The second-order valence-electron chi connectivity index (χ2n) is 5.57. The zero-order valence-electron chi connectivity index (χ0n) is 12.0. The van der Waals surface area contributed by atoms with Crippen molar-refractivity contribution in [2.75, 3.05) is 0 Å². The van der Waals surface area contributed by atoms with Gasteiger partial charge in [-0.15, -0.1) is 11.6 Å². The van der Waals surface area contributed by atoms with Gasteiger partial charge in [0.1, 0.15) is 11.9 Å². The van der Waals surface area contributed by atoms with Crippen LogP contribution < -0.4 is 4.74 Å². The highest BCUT2D eigenvalue weighted by atomic mass is 35.5. The summed E-state index contributed by atoms with van der Waals surface area (Å²) in [6.45, 7) is 2.06. The fraction of sp³-hybridized carbons (Fsp3) is 0.625. The molecule has 0 heterocycles. The summed E-state index contributed by atoms with van der Waals surface area (Å²) >= 11 is 5.63. The van der Waals surface area contributed by atoms with Gasteiger partial charge >= 0.3 is 6.18 Å². The summed E-state index contributed by atoms with van der Waals surface area (Å²) in [5.41, 5.74) is -0.270. The minimum absolute atomic E-state index is 0.0599. The second kappa shape index (κ2) is 6.91. The van der Waals surface area contributed by atoms with Gasteiger partial charge in [-0.2, -0.15) is 13.2 Å². The molecule has 1 aromatic rings. The van der Waals surface area contributed by atoms with Gasteiger partial charge < -0.3 is 4.74 Å². The Bertz CT molecular complexity index is 473. The van der Waals surface area contributed by atoms with Crippen LogP contribution >= 0.6 is 11.6 Å². The molecule has 1 fully saturated rings. The third-order valence-corrected chi connectivity index (χ3v) is 4.45. The van der Waals surface area contributed by atoms with Crippen molar-refractivity contribution in [2.45, 2.75) is 57.2 Å². The predicted molar refractivity (Wildman–Crippen MR) is 77.7 cm³/mol. The van der Waals surface area contributed by atoms with Gasteiger partial charge in [0.15, 0.2) is 0 Å². The summed E-state index contributed by atoms with van der Waals surface area (Å²) in [6, 6.07) is 4.09. The monoisotopic (exact) mass is 320 g/mol. The van der Waals surface area contributed by atoms with E-state index < -0.39 is 11.7 Å². The summed E-state index contributed by atoms with van der Waals surface area (Å²) < 4.78 is 45.3. The highest BCUT2D eigenvalue weighted by Gasteiger charge is 2.36. The number of ether oxygens (including phenoxy) is 1. The molecule has 1 aromatic carbocycles. The molecule has 2 rings (SSSR count). The molecule has 0 aliphatic heterocycles. The highest BCUT2D eigenvalue weighted by molar-refractivity contribution is 6.17. The number of hydrogen-bond acceptors (Lipinski definition) is 1. The van der Waals surface area contributed by atoms with Crippen molar-refractivity contribution < 1.29 is 17.9 Å². The molecule has 0 N–H and O–H groups in total.